The van der Waals surface area contributed by atoms with Gasteiger partial charge in [0.05, 0.1) is 12.1 Å². The fourth-order valence-electron chi connectivity index (χ4n) is 3.66. The zero-order valence-corrected chi connectivity index (χ0v) is 18.4. The van der Waals surface area contributed by atoms with Gasteiger partial charge in [0.25, 0.3) is 5.56 Å². The van der Waals surface area contributed by atoms with E-state index in [1.807, 2.05) is 42.5 Å². The lowest BCUT2D eigenvalue weighted by Crippen LogP contribution is -2.41. The van der Waals surface area contributed by atoms with Crippen LogP contribution in [-0.2, 0) is 19.5 Å². The van der Waals surface area contributed by atoms with Gasteiger partial charge in [0, 0.05) is 12.1 Å². The van der Waals surface area contributed by atoms with E-state index >= 15 is 0 Å². The van der Waals surface area contributed by atoms with Crippen LogP contribution in [0.4, 0.5) is 0 Å². The van der Waals surface area contributed by atoms with Crippen molar-refractivity contribution >= 4 is 27.3 Å². The molecule has 2 aromatic heterocycles. The first kappa shape index (κ1) is 21.0. The molecule has 0 saturated carbocycles. The molecule has 5 nitrogen and oxygen atoms in total. The van der Waals surface area contributed by atoms with Crippen molar-refractivity contribution in [3.8, 4) is 0 Å². The highest BCUT2D eigenvalue weighted by Crippen LogP contribution is 2.18. The van der Waals surface area contributed by atoms with E-state index in [-0.39, 0.29) is 24.4 Å². The van der Waals surface area contributed by atoms with Crippen molar-refractivity contribution in [2.24, 2.45) is 0 Å². The van der Waals surface area contributed by atoms with Gasteiger partial charge in [-0.2, -0.15) is 0 Å². The van der Waals surface area contributed by atoms with Gasteiger partial charge in [0.2, 0.25) is 0 Å². The number of aryl methyl sites for hydroxylation is 1. The fourth-order valence-corrected chi connectivity index (χ4v) is 4.50. The zero-order valence-electron chi connectivity index (χ0n) is 17.6. The molecule has 6 heteroatoms. The number of fused-ring (bicyclic) bond motifs is 1. The lowest BCUT2D eigenvalue weighted by molar-refractivity contribution is 0.0971. The van der Waals surface area contributed by atoms with E-state index in [4.69, 9.17) is 0 Å². The quantitative estimate of drug-likeness (QED) is 0.405. The Labute approximate surface area is 184 Å². The van der Waals surface area contributed by atoms with Crippen LogP contribution in [0, 0.1) is 0 Å². The molecule has 0 N–H and O–H groups in total. The molecule has 0 spiro atoms. The second kappa shape index (κ2) is 8.86. The van der Waals surface area contributed by atoms with Gasteiger partial charge in [-0.1, -0.05) is 68.4 Å². The minimum absolute atomic E-state index is 0.0985. The molecular formula is C25H24N2O3S. The molecule has 2 heterocycles. The van der Waals surface area contributed by atoms with Gasteiger partial charge >= 0.3 is 5.69 Å². The van der Waals surface area contributed by atoms with E-state index < -0.39 is 5.69 Å². The molecule has 0 fully saturated rings. The Hall–Kier alpha value is -3.25. The number of ketones is 1. The standard InChI is InChI=1S/C25H24N2O3S/c1-17(2)19-8-10-20(11-9-19)22(28)16-27-21-13-15-31-23(21)24(29)26(25(27)30)14-12-18-6-4-3-5-7-18/h3-11,13,15,17H,12,14,16H2,1-2H3. The van der Waals surface area contributed by atoms with E-state index in [2.05, 4.69) is 13.8 Å². The van der Waals surface area contributed by atoms with Crippen LogP contribution in [0.25, 0.3) is 10.2 Å². The van der Waals surface area contributed by atoms with E-state index in [9.17, 15) is 14.4 Å². The first-order valence-corrected chi connectivity index (χ1v) is 11.2. The second-order valence-electron chi connectivity index (χ2n) is 7.90. The Bertz CT molecular complexity index is 1330. The van der Waals surface area contributed by atoms with Crippen molar-refractivity contribution in [2.75, 3.05) is 0 Å². The van der Waals surface area contributed by atoms with E-state index in [0.29, 0.717) is 28.1 Å². The van der Waals surface area contributed by atoms with Crippen LogP contribution < -0.4 is 11.2 Å². The molecular weight excluding hydrogens is 408 g/mol. The van der Waals surface area contributed by atoms with Crippen LogP contribution in [0.1, 0.15) is 41.3 Å². The minimum atomic E-state index is -0.445. The third kappa shape index (κ3) is 4.30. The maximum Gasteiger partial charge on any atom is 0.331 e. The van der Waals surface area contributed by atoms with Crippen molar-refractivity contribution < 1.29 is 4.79 Å². The Kier molecular flexibility index (Phi) is 6.00. The summed E-state index contributed by atoms with van der Waals surface area (Å²) in [5.74, 6) is 0.225. The summed E-state index contributed by atoms with van der Waals surface area (Å²) in [5.41, 5.74) is 2.54. The van der Waals surface area contributed by atoms with Crippen molar-refractivity contribution in [1.82, 2.24) is 9.13 Å². The Balaban J connectivity index is 1.68. The molecule has 0 aliphatic carbocycles. The fraction of sp³-hybridized carbons (Fsp3) is 0.240. The monoisotopic (exact) mass is 432 g/mol. The first-order chi connectivity index (χ1) is 15.0. The molecule has 0 atom stereocenters. The lowest BCUT2D eigenvalue weighted by atomic mass is 10.0. The highest BCUT2D eigenvalue weighted by Gasteiger charge is 2.17. The van der Waals surface area contributed by atoms with Gasteiger partial charge in [-0.15, -0.1) is 11.3 Å². The minimum Gasteiger partial charge on any atom is -0.292 e. The maximum absolute atomic E-state index is 13.2. The van der Waals surface area contributed by atoms with Crippen LogP contribution in [0.15, 0.2) is 75.6 Å². The Morgan fingerprint density at radius 1 is 0.935 bits per heavy atom. The summed E-state index contributed by atoms with van der Waals surface area (Å²) in [5, 5.41) is 1.78. The number of Topliss-reactive ketones (excluding diaryl/α,β-unsaturated/α-hetero) is 1. The van der Waals surface area contributed by atoms with Crippen molar-refractivity contribution in [3.63, 3.8) is 0 Å². The number of benzene rings is 2. The SMILES string of the molecule is CC(C)c1ccc(C(=O)Cn2c(=O)n(CCc3ccccc3)c(=O)c3sccc32)cc1. The van der Waals surface area contributed by atoms with E-state index in [1.165, 1.54) is 20.5 Å². The number of hydrogen-bond acceptors (Lipinski definition) is 4. The number of hydrogen-bond donors (Lipinski definition) is 0. The third-order valence-corrected chi connectivity index (χ3v) is 6.40. The smallest absolute Gasteiger partial charge is 0.292 e. The molecule has 0 saturated heterocycles. The number of rotatable bonds is 7. The molecule has 0 amide bonds. The largest absolute Gasteiger partial charge is 0.331 e. The van der Waals surface area contributed by atoms with E-state index in [0.717, 1.165) is 11.1 Å². The second-order valence-corrected chi connectivity index (χ2v) is 8.81. The van der Waals surface area contributed by atoms with Gasteiger partial charge in [-0.25, -0.2) is 4.79 Å². The lowest BCUT2D eigenvalue weighted by Gasteiger charge is -2.12. The van der Waals surface area contributed by atoms with Crippen molar-refractivity contribution in [1.29, 1.82) is 0 Å². The van der Waals surface area contributed by atoms with Gasteiger partial charge in [-0.05, 0) is 34.9 Å². The molecule has 0 aliphatic heterocycles. The van der Waals surface area contributed by atoms with Gasteiger partial charge < -0.3 is 0 Å². The third-order valence-electron chi connectivity index (χ3n) is 5.50. The molecule has 0 unspecified atom stereocenters. The summed E-state index contributed by atoms with van der Waals surface area (Å²) in [4.78, 5) is 39.1. The Morgan fingerprint density at radius 2 is 1.65 bits per heavy atom. The molecule has 158 valence electrons. The molecule has 0 aliphatic rings. The van der Waals surface area contributed by atoms with Gasteiger partial charge in [0.1, 0.15) is 4.70 Å². The molecule has 0 bridgehead atoms. The van der Waals surface area contributed by atoms with Crippen molar-refractivity contribution in [2.45, 2.75) is 39.3 Å². The average molecular weight is 433 g/mol. The molecule has 4 rings (SSSR count). The highest BCUT2D eigenvalue weighted by molar-refractivity contribution is 7.17. The van der Waals surface area contributed by atoms with Crippen LogP contribution in [-0.4, -0.2) is 14.9 Å². The topological polar surface area (TPSA) is 61.1 Å². The average Bonchev–Trinajstić information content (AvgIpc) is 3.27. The summed E-state index contributed by atoms with van der Waals surface area (Å²) in [6.07, 6.45) is 0.567. The predicted molar refractivity (Wildman–Crippen MR) is 125 cm³/mol. The van der Waals surface area contributed by atoms with Crippen LogP contribution >= 0.6 is 11.3 Å². The molecule has 4 aromatic rings. The summed E-state index contributed by atoms with van der Waals surface area (Å²) in [7, 11) is 0. The van der Waals surface area contributed by atoms with Gasteiger partial charge in [-0.3, -0.25) is 18.7 Å². The normalized spacial score (nSPS) is 11.3. The van der Waals surface area contributed by atoms with Gasteiger partial charge in [0.15, 0.2) is 5.78 Å². The van der Waals surface area contributed by atoms with Crippen LogP contribution in [0.2, 0.25) is 0 Å². The van der Waals surface area contributed by atoms with E-state index in [1.54, 1.807) is 23.6 Å². The first-order valence-electron chi connectivity index (χ1n) is 10.3. The number of carbonyl (C=O) groups excluding carboxylic acids is 1. The highest BCUT2D eigenvalue weighted by atomic mass is 32.1. The summed E-state index contributed by atoms with van der Waals surface area (Å²) in [6.45, 7) is 4.37. The molecule has 31 heavy (non-hydrogen) atoms. The number of thiophene rings is 1. The van der Waals surface area contributed by atoms with Crippen LogP contribution in [0.3, 0.4) is 0 Å². The Morgan fingerprint density at radius 3 is 2.32 bits per heavy atom. The molecule has 0 radical (unpaired) electrons. The summed E-state index contributed by atoms with van der Waals surface area (Å²) < 4.78 is 3.17. The summed E-state index contributed by atoms with van der Waals surface area (Å²) in [6, 6.07) is 19.0. The zero-order chi connectivity index (χ0) is 22.0. The van der Waals surface area contributed by atoms with Crippen molar-refractivity contribution in [3.05, 3.63) is 104 Å². The number of aromatic nitrogens is 2. The maximum atomic E-state index is 13.2. The van der Waals surface area contributed by atoms with Crippen LogP contribution in [0.5, 0.6) is 0 Å². The number of nitrogens with zero attached hydrogens (tertiary/aromatic N) is 2. The predicted octanol–water partition coefficient (Wildman–Crippen LogP) is 4.47. The summed E-state index contributed by atoms with van der Waals surface area (Å²) >= 11 is 1.30. The number of carbonyl (C=O) groups is 1. The molecule has 2 aromatic carbocycles.